The third-order valence-electron chi connectivity index (χ3n) is 2.09. The zero-order valence-electron chi connectivity index (χ0n) is 10.3. The Kier molecular flexibility index (Phi) is 8.32. The number of hydrogen-bond donors (Lipinski definition) is 0. The molecule has 122 valence electrons. The minimum Gasteiger partial charge on any atom is -0.304 e. The molecule has 0 aromatic carbocycles. The summed E-state index contributed by atoms with van der Waals surface area (Å²) >= 11 is 0. The molecule has 0 heterocycles. The lowest BCUT2D eigenvalue weighted by Gasteiger charge is -2.37. The first-order chi connectivity index (χ1) is 9.29. The van der Waals surface area contributed by atoms with E-state index in [1.54, 1.807) is 0 Å². The maximum absolute atomic E-state index is 12.8. The zero-order chi connectivity index (χ0) is 15.8. The second-order valence-electron chi connectivity index (χ2n) is 3.24. The number of alkyl halides is 7. The molecule has 20 heavy (non-hydrogen) atoms. The van der Waals surface area contributed by atoms with Gasteiger partial charge in [0.15, 0.2) is 20.6 Å². The van der Waals surface area contributed by atoms with E-state index in [0.29, 0.717) is 0 Å². The fourth-order valence-electron chi connectivity index (χ4n) is 1.28. The van der Waals surface area contributed by atoms with Crippen LogP contribution >= 0.6 is 0 Å². The molecule has 0 saturated carbocycles. The Morgan fingerprint density at radius 1 is 0.900 bits per heavy atom. The number of rotatable bonds is 11. The van der Waals surface area contributed by atoms with Crippen LogP contribution < -0.4 is 0 Å². The SMILES string of the molecule is CCC(OC(F)(F)C(F)F)C(OCF)(OCF)OCF. The molecule has 0 aromatic rings. The first kappa shape index (κ1) is 19.4. The Morgan fingerprint density at radius 3 is 1.55 bits per heavy atom. The van der Waals surface area contributed by atoms with E-state index in [1.165, 1.54) is 0 Å². The molecule has 0 aliphatic heterocycles. The largest absolute Gasteiger partial charge is 0.417 e. The van der Waals surface area contributed by atoms with Crippen molar-refractivity contribution < 1.29 is 49.7 Å². The number of ether oxygens (including phenoxy) is 4. The van der Waals surface area contributed by atoms with Gasteiger partial charge in [0, 0.05) is 0 Å². The van der Waals surface area contributed by atoms with Crippen LogP contribution in [0, 0.1) is 0 Å². The molecular weight excluding hydrogens is 305 g/mol. The van der Waals surface area contributed by atoms with Crippen molar-refractivity contribution in [1.82, 2.24) is 0 Å². The van der Waals surface area contributed by atoms with Gasteiger partial charge in [-0.15, -0.1) is 0 Å². The van der Waals surface area contributed by atoms with E-state index in [-0.39, 0.29) is 0 Å². The molecule has 1 atom stereocenters. The summed E-state index contributed by atoms with van der Waals surface area (Å²) in [5, 5.41) is 0. The summed E-state index contributed by atoms with van der Waals surface area (Å²) in [5.41, 5.74) is 0. The minimum atomic E-state index is -4.97. The molecule has 1 unspecified atom stereocenters. The summed E-state index contributed by atoms with van der Waals surface area (Å²) in [5.74, 6) is -3.05. The maximum atomic E-state index is 12.8. The number of halogens is 7. The fourth-order valence-corrected chi connectivity index (χ4v) is 1.28. The third-order valence-corrected chi connectivity index (χ3v) is 2.09. The van der Waals surface area contributed by atoms with Gasteiger partial charge >= 0.3 is 18.5 Å². The molecule has 0 saturated heterocycles. The first-order valence-electron chi connectivity index (χ1n) is 5.23. The molecule has 4 nitrogen and oxygen atoms in total. The predicted octanol–water partition coefficient (Wildman–Crippen LogP) is 3.12. The number of hydrogen-bond acceptors (Lipinski definition) is 4. The van der Waals surface area contributed by atoms with E-state index in [4.69, 9.17) is 0 Å². The average Bonchev–Trinajstić information content (AvgIpc) is 2.36. The monoisotopic (exact) mass is 318 g/mol. The van der Waals surface area contributed by atoms with Crippen LogP contribution in [0.15, 0.2) is 0 Å². The van der Waals surface area contributed by atoms with Gasteiger partial charge in [-0.25, -0.2) is 22.0 Å². The molecule has 0 amide bonds. The van der Waals surface area contributed by atoms with Crippen molar-refractivity contribution in [3.8, 4) is 0 Å². The van der Waals surface area contributed by atoms with Crippen LogP contribution in [0.1, 0.15) is 13.3 Å². The summed E-state index contributed by atoms with van der Waals surface area (Å²) in [6.45, 7) is -4.13. The molecule has 0 spiro atoms. The fraction of sp³-hybridized carbons (Fsp3) is 1.00. The van der Waals surface area contributed by atoms with Crippen LogP contribution in [0.25, 0.3) is 0 Å². The van der Waals surface area contributed by atoms with Gasteiger partial charge < -0.3 is 4.74 Å². The smallest absolute Gasteiger partial charge is 0.304 e. The molecule has 0 aliphatic rings. The summed E-state index contributed by atoms with van der Waals surface area (Å²) in [7, 11) is 0. The molecule has 0 aromatic heterocycles. The highest BCUT2D eigenvalue weighted by molar-refractivity contribution is 4.73. The van der Waals surface area contributed by atoms with Crippen molar-refractivity contribution in [2.24, 2.45) is 0 Å². The van der Waals surface area contributed by atoms with Crippen molar-refractivity contribution in [1.29, 1.82) is 0 Å². The molecule has 0 rings (SSSR count). The van der Waals surface area contributed by atoms with Gasteiger partial charge in [-0.1, -0.05) is 6.92 Å². The van der Waals surface area contributed by atoms with Crippen LogP contribution in [0.4, 0.5) is 30.7 Å². The summed E-state index contributed by atoms with van der Waals surface area (Å²) in [6.07, 6.45) is -12.0. The normalized spacial score (nSPS) is 14.8. The highest BCUT2D eigenvalue weighted by atomic mass is 19.3. The third kappa shape index (κ3) is 5.04. The van der Waals surface area contributed by atoms with Crippen LogP contribution in [0.5, 0.6) is 0 Å². The van der Waals surface area contributed by atoms with Crippen LogP contribution in [0.2, 0.25) is 0 Å². The Labute approximate surface area is 109 Å². The van der Waals surface area contributed by atoms with Crippen molar-refractivity contribution in [2.45, 2.75) is 38.0 Å². The van der Waals surface area contributed by atoms with E-state index in [1.807, 2.05) is 0 Å². The molecular formula is C9H13F7O4. The predicted molar refractivity (Wildman–Crippen MR) is 50.0 cm³/mol. The average molecular weight is 318 g/mol. The molecule has 0 fully saturated rings. The molecule has 0 N–H and O–H groups in total. The molecule has 11 heteroatoms. The van der Waals surface area contributed by atoms with Crippen molar-refractivity contribution in [3.05, 3.63) is 0 Å². The van der Waals surface area contributed by atoms with Gasteiger partial charge in [0.1, 0.15) is 6.10 Å². The molecule has 0 bridgehead atoms. The Hall–Kier alpha value is -0.650. The van der Waals surface area contributed by atoms with E-state index in [9.17, 15) is 30.7 Å². The van der Waals surface area contributed by atoms with Crippen LogP contribution in [-0.4, -0.2) is 45.2 Å². The molecule has 0 radical (unpaired) electrons. The Morgan fingerprint density at radius 2 is 1.30 bits per heavy atom. The lowest BCUT2D eigenvalue weighted by atomic mass is 10.2. The van der Waals surface area contributed by atoms with Gasteiger partial charge in [0.2, 0.25) is 0 Å². The van der Waals surface area contributed by atoms with Crippen molar-refractivity contribution >= 4 is 0 Å². The van der Waals surface area contributed by atoms with E-state index >= 15 is 0 Å². The van der Waals surface area contributed by atoms with Crippen LogP contribution in [0.3, 0.4) is 0 Å². The standard InChI is InChI=1S/C9H13F7O4/c1-2-6(20-8(15,16)7(13)14)9(17-3-10,18-4-11)19-5-12/h6-7H,2-5H2,1H3. The minimum absolute atomic E-state index is 0.553. The van der Waals surface area contributed by atoms with E-state index in [2.05, 4.69) is 18.9 Å². The first-order valence-corrected chi connectivity index (χ1v) is 5.23. The van der Waals surface area contributed by atoms with Gasteiger partial charge in [-0.3, -0.25) is 14.2 Å². The van der Waals surface area contributed by atoms with E-state index in [0.717, 1.165) is 6.92 Å². The van der Waals surface area contributed by atoms with Gasteiger partial charge in [-0.05, 0) is 6.42 Å². The van der Waals surface area contributed by atoms with Gasteiger partial charge in [0.05, 0.1) is 0 Å². The van der Waals surface area contributed by atoms with Crippen molar-refractivity contribution in [2.75, 3.05) is 20.6 Å². The quantitative estimate of drug-likeness (QED) is 0.433. The maximum Gasteiger partial charge on any atom is 0.417 e. The Balaban J connectivity index is 5.24. The van der Waals surface area contributed by atoms with E-state index < -0.39 is 51.6 Å². The second kappa shape index (κ2) is 8.60. The van der Waals surface area contributed by atoms with Crippen LogP contribution in [-0.2, 0) is 18.9 Å². The highest BCUT2D eigenvalue weighted by Gasteiger charge is 2.52. The van der Waals surface area contributed by atoms with Crippen molar-refractivity contribution in [3.63, 3.8) is 0 Å². The van der Waals surface area contributed by atoms with Gasteiger partial charge in [0.25, 0.3) is 0 Å². The highest BCUT2D eigenvalue weighted by Crippen LogP contribution is 2.33. The lowest BCUT2D eigenvalue weighted by Crippen LogP contribution is -2.54. The summed E-state index contributed by atoms with van der Waals surface area (Å²) < 4.78 is 102. The zero-order valence-corrected chi connectivity index (χ0v) is 10.3. The van der Waals surface area contributed by atoms with Gasteiger partial charge in [-0.2, -0.15) is 8.78 Å². The Bertz CT molecular complexity index is 250. The second-order valence-corrected chi connectivity index (χ2v) is 3.24. The lowest BCUT2D eigenvalue weighted by molar-refractivity contribution is -0.464. The molecule has 0 aliphatic carbocycles. The summed E-state index contributed by atoms with van der Waals surface area (Å²) in [6, 6.07) is 0. The topological polar surface area (TPSA) is 36.9 Å². The summed E-state index contributed by atoms with van der Waals surface area (Å²) in [4.78, 5) is 0.